The highest BCUT2D eigenvalue weighted by molar-refractivity contribution is 7.89. The van der Waals surface area contributed by atoms with E-state index >= 15 is 0 Å². The van der Waals surface area contributed by atoms with Crippen molar-refractivity contribution in [3.63, 3.8) is 0 Å². The molecule has 1 amide bonds. The molecule has 0 bridgehead atoms. The summed E-state index contributed by atoms with van der Waals surface area (Å²) in [5.74, 6) is -1.64. The van der Waals surface area contributed by atoms with E-state index in [4.69, 9.17) is 21.5 Å². The van der Waals surface area contributed by atoms with Crippen LogP contribution in [0.15, 0.2) is 47.4 Å². The molecular weight excluding hydrogens is 408 g/mol. The average Bonchev–Trinajstić information content (AvgIpc) is 2.61. The average molecular weight is 425 g/mol. The number of ether oxygens (including phenoxy) is 1. The number of Topliss-reactive ketones (excluding diaryl/α,β-unsaturated/α-hetero) is 1. The first-order valence-corrected chi connectivity index (χ1v) is 9.86. The van der Waals surface area contributed by atoms with Crippen molar-refractivity contribution >= 4 is 45.0 Å². The summed E-state index contributed by atoms with van der Waals surface area (Å²) in [4.78, 5) is 35.2. The molecule has 0 unspecified atom stereocenters. The Labute approximate surface area is 166 Å². The Bertz CT molecular complexity index is 1030. The number of sulfonamides is 1. The fourth-order valence-corrected chi connectivity index (χ4v) is 3.23. The molecule has 0 radical (unpaired) electrons. The van der Waals surface area contributed by atoms with Crippen molar-refractivity contribution in [3.8, 4) is 0 Å². The highest BCUT2D eigenvalue weighted by Crippen LogP contribution is 2.22. The van der Waals surface area contributed by atoms with Gasteiger partial charge in [-0.05, 0) is 56.3 Å². The van der Waals surface area contributed by atoms with Crippen LogP contribution in [0.1, 0.15) is 34.6 Å². The molecule has 0 aliphatic carbocycles. The number of nitrogens with two attached hydrogens (primary N) is 1. The number of anilines is 1. The Balaban J connectivity index is 2.07. The van der Waals surface area contributed by atoms with Crippen LogP contribution >= 0.6 is 11.6 Å². The number of hydrogen-bond acceptors (Lipinski definition) is 6. The lowest BCUT2D eigenvalue weighted by molar-refractivity contribution is -0.123. The maximum atomic E-state index is 12.2. The van der Waals surface area contributed by atoms with Crippen molar-refractivity contribution < 1.29 is 27.5 Å². The van der Waals surface area contributed by atoms with Crippen LogP contribution in [0.3, 0.4) is 0 Å². The van der Waals surface area contributed by atoms with E-state index in [1.807, 2.05) is 0 Å². The van der Waals surface area contributed by atoms with E-state index in [1.54, 1.807) is 24.3 Å². The molecule has 2 aromatic carbocycles. The number of rotatable bonds is 6. The van der Waals surface area contributed by atoms with Crippen LogP contribution in [0.25, 0.3) is 0 Å². The van der Waals surface area contributed by atoms with Gasteiger partial charge in [0.25, 0.3) is 5.91 Å². The number of benzene rings is 2. The minimum Gasteiger partial charge on any atom is -0.449 e. The highest BCUT2D eigenvalue weighted by atomic mass is 35.5. The number of carbonyl (C=O) groups is 3. The van der Waals surface area contributed by atoms with Crippen molar-refractivity contribution in [1.29, 1.82) is 0 Å². The molecule has 0 saturated carbocycles. The smallest absolute Gasteiger partial charge is 0.338 e. The van der Waals surface area contributed by atoms with Crippen molar-refractivity contribution in [2.45, 2.75) is 24.8 Å². The van der Waals surface area contributed by atoms with Gasteiger partial charge >= 0.3 is 5.97 Å². The van der Waals surface area contributed by atoms with Gasteiger partial charge in [-0.25, -0.2) is 18.4 Å². The van der Waals surface area contributed by atoms with Crippen LogP contribution < -0.4 is 10.5 Å². The van der Waals surface area contributed by atoms with Gasteiger partial charge in [-0.1, -0.05) is 11.6 Å². The fourth-order valence-electron chi connectivity index (χ4n) is 2.16. The summed E-state index contributed by atoms with van der Waals surface area (Å²) >= 11 is 5.77. The molecule has 3 N–H and O–H groups in total. The fraction of sp³-hybridized carbons (Fsp3) is 0.167. The van der Waals surface area contributed by atoms with E-state index < -0.39 is 32.9 Å². The molecular formula is C18H17ClN2O6S. The molecule has 1 atom stereocenters. The molecule has 0 spiro atoms. The predicted molar refractivity (Wildman–Crippen MR) is 103 cm³/mol. The molecule has 0 aromatic heterocycles. The number of nitrogens with one attached hydrogen (secondary N) is 1. The second-order valence-corrected chi connectivity index (χ2v) is 7.80. The summed E-state index contributed by atoms with van der Waals surface area (Å²) in [6, 6.07) is 9.62. The van der Waals surface area contributed by atoms with E-state index in [-0.39, 0.29) is 16.4 Å². The van der Waals surface area contributed by atoms with Gasteiger partial charge in [-0.15, -0.1) is 0 Å². The molecule has 148 valence electrons. The van der Waals surface area contributed by atoms with Crippen LogP contribution in [0.5, 0.6) is 0 Å². The largest absolute Gasteiger partial charge is 0.449 e. The second kappa shape index (κ2) is 8.51. The first-order chi connectivity index (χ1) is 13.0. The van der Waals surface area contributed by atoms with Gasteiger partial charge < -0.3 is 10.1 Å². The number of amides is 1. The zero-order valence-electron chi connectivity index (χ0n) is 14.9. The van der Waals surface area contributed by atoms with Crippen molar-refractivity contribution in [2.75, 3.05) is 5.32 Å². The van der Waals surface area contributed by atoms with E-state index in [0.717, 1.165) is 6.07 Å². The Morgan fingerprint density at radius 1 is 1.07 bits per heavy atom. The summed E-state index contributed by atoms with van der Waals surface area (Å²) in [6.45, 7) is 2.78. The lowest BCUT2D eigenvalue weighted by Gasteiger charge is -2.14. The Morgan fingerprint density at radius 2 is 1.64 bits per heavy atom. The molecule has 8 nitrogen and oxygen atoms in total. The summed E-state index contributed by atoms with van der Waals surface area (Å²) in [5.41, 5.74) is 0.783. The zero-order chi connectivity index (χ0) is 21.1. The number of esters is 1. The summed E-state index contributed by atoms with van der Waals surface area (Å²) < 4.78 is 28.0. The molecule has 0 fully saturated rings. The standard InChI is InChI=1S/C18H17ClN2O6S/c1-10(22)12-3-6-14(7-4-12)21-17(23)11(2)27-18(24)13-5-8-15(19)16(9-13)28(20,25)26/h3-9,11H,1-2H3,(H,21,23)(H2,20,25,26)/t11-/m0/s1. The second-order valence-electron chi connectivity index (χ2n) is 5.86. The van der Waals surface area contributed by atoms with Gasteiger partial charge in [-0.2, -0.15) is 0 Å². The third-order valence-corrected chi connectivity index (χ3v) is 5.08. The number of hydrogen-bond donors (Lipinski definition) is 2. The monoisotopic (exact) mass is 424 g/mol. The lowest BCUT2D eigenvalue weighted by Crippen LogP contribution is -2.30. The zero-order valence-corrected chi connectivity index (χ0v) is 16.5. The van der Waals surface area contributed by atoms with Crippen LogP contribution in [-0.4, -0.2) is 32.2 Å². The number of primary sulfonamides is 1. The number of halogens is 1. The molecule has 0 heterocycles. The van der Waals surface area contributed by atoms with E-state index in [1.165, 1.54) is 26.0 Å². The first kappa shape index (κ1) is 21.5. The quantitative estimate of drug-likeness (QED) is 0.540. The van der Waals surface area contributed by atoms with E-state index in [0.29, 0.717) is 11.3 Å². The van der Waals surface area contributed by atoms with E-state index in [9.17, 15) is 22.8 Å². The van der Waals surface area contributed by atoms with Crippen LogP contribution in [0.4, 0.5) is 5.69 Å². The molecule has 2 aromatic rings. The number of ketones is 1. The SMILES string of the molecule is CC(=O)c1ccc(NC(=O)[C@H](C)OC(=O)c2ccc(Cl)c(S(N)(=O)=O)c2)cc1. The third-order valence-electron chi connectivity index (χ3n) is 3.69. The summed E-state index contributed by atoms with van der Waals surface area (Å²) in [7, 11) is -4.13. The van der Waals surface area contributed by atoms with Crippen molar-refractivity contribution in [2.24, 2.45) is 5.14 Å². The van der Waals surface area contributed by atoms with Crippen LogP contribution in [-0.2, 0) is 19.6 Å². The Morgan fingerprint density at radius 3 is 2.18 bits per heavy atom. The van der Waals surface area contributed by atoms with Gasteiger partial charge in [0.2, 0.25) is 10.0 Å². The topological polar surface area (TPSA) is 133 Å². The molecule has 0 aliphatic heterocycles. The van der Waals surface area contributed by atoms with Crippen molar-refractivity contribution in [1.82, 2.24) is 0 Å². The Hall–Kier alpha value is -2.75. The van der Waals surface area contributed by atoms with Crippen molar-refractivity contribution in [3.05, 3.63) is 58.6 Å². The van der Waals surface area contributed by atoms with Gasteiger partial charge in [0.1, 0.15) is 4.90 Å². The first-order valence-electron chi connectivity index (χ1n) is 7.94. The van der Waals surface area contributed by atoms with Gasteiger partial charge in [0.05, 0.1) is 10.6 Å². The van der Waals surface area contributed by atoms with Gasteiger partial charge in [-0.3, -0.25) is 9.59 Å². The maximum Gasteiger partial charge on any atom is 0.338 e. The van der Waals surface area contributed by atoms with Crippen LogP contribution in [0.2, 0.25) is 5.02 Å². The summed E-state index contributed by atoms with van der Waals surface area (Å²) in [6.07, 6.45) is -1.17. The van der Waals surface area contributed by atoms with Crippen LogP contribution in [0, 0.1) is 0 Å². The predicted octanol–water partition coefficient (Wildman–Crippen LogP) is 2.37. The minimum atomic E-state index is -4.13. The van der Waals surface area contributed by atoms with E-state index in [2.05, 4.69) is 5.32 Å². The lowest BCUT2D eigenvalue weighted by atomic mass is 10.1. The van der Waals surface area contributed by atoms with Gasteiger partial charge in [0, 0.05) is 11.3 Å². The molecule has 28 heavy (non-hydrogen) atoms. The molecule has 0 saturated heterocycles. The molecule has 10 heteroatoms. The third kappa shape index (κ3) is 5.38. The molecule has 0 aliphatic rings. The van der Waals surface area contributed by atoms with Gasteiger partial charge in [0.15, 0.2) is 11.9 Å². The number of carbonyl (C=O) groups excluding carboxylic acids is 3. The minimum absolute atomic E-state index is 0.109. The normalized spacial score (nSPS) is 12.1. The highest BCUT2D eigenvalue weighted by Gasteiger charge is 2.21. The Kier molecular flexibility index (Phi) is 6.55. The molecule has 2 rings (SSSR count). The maximum absolute atomic E-state index is 12.2. The summed E-state index contributed by atoms with van der Waals surface area (Å²) in [5, 5.41) is 7.45.